The van der Waals surface area contributed by atoms with Crippen LogP contribution in [0.25, 0.3) is 0 Å². The fraction of sp³-hybridized carbons (Fsp3) is 0.500. The number of hydrogen-bond acceptors (Lipinski definition) is 8. The number of guanidine groups is 1. The fourth-order valence-corrected chi connectivity index (χ4v) is 1.94. The van der Waals surface area contributed by atoms with Crippen LogP contribution < -0.4 is 20.7 Å². The van der Waals surface area contributed by atoms with E-state index in [1.54, 1.807) is 13.3 Å². The van der Waals surface area contributed by atoms with E-state index in [0.29, 0.717) is 28.5 Å². The summed E-state index contributed by atoms with van der Waals surface area (Å²) in [5.41, 5.74) is 0.530. The molecule has 0 aromatic carbocycles. The zero-order valence-electron chi connectivity index (χ0n) is 12.0. The van der Waals surface area contributed by atoms with Crippen molar-refractivity contribution in [3.63, 3.8) is 0 Å². The number of aryl methyl sites for hydroxylation is 1. The minimum Gasteiger partial charge on any atom is -0.479 e. The van der Waals surface area contributed by atoms with E-state index in [9.17, 15) is 0 Å². The number of aromatic nitrogens is 2. The van der Waals surface area contributed by atoms with Crippen molar-refractivity contribution in [2.45, 2.75) is 6.92 Å². The molecule has 9 heteroatoms. The van der Waals surface area contributed by atoms with Gasteiger partial charge in [0.15, 0.2) is 11.1 Å². The van der Waals surface area contributed by atoms with Gasteiger partial charge < -0.3 is 20.7 Å². The van der Waals surface area contributed by atoms with Gasteiger partial charge in [-0.1, -0.05) is 11.6 Å². The minimum absolute atomic E-state index is 0.320. The molecule has 0 saturated heterocycles. The number of ether oxygens (including phenoxy) is 1. The van der Waals surface area contributed by atoms with Crippen molar-refractivity contribution >= 4 is 29.6 Å². The van der Waals surface area contributed by atoms with Crippen LogP contribution in [0.15, 0.2) is 9.98 Å². The molecule has 0 unspecified atom stereocenters. The van der Waals surface area contributed by atoms with Crippen molar-refractivity contribution < 1.29 is 4.74 Å². The molecule has 0 radical (unpaired) electrons. The summed E-state index contributed by atoms with van der Waals surface area (Å²) >= 11 is 6.02. The van der Waals surface area contributed by atoms with E-state index in [2.05, 4.69) is 35.9 Å². The Morgan fingerprint density at radius 2 is 2.14 bits per heavy atom. The average molecular weight is 312 g/mol. The summed E-state index contributed by atoms with van der Waals surface area (Å²) in [6, 6.07) is 0. The molecule has 3 heterocycles. The first-order valence-corrected chi connectivity index (χ1v) is 6.93. The molecule has 3 N–H and O–H groups in total. The maximum Gasteiger partial charge on any atom is 0.242 e. The molecule has 0 amide bonds. The average Bonchev–Trinajstić information content (AvgIpc) is 3.16. The smallest absolute Gasteiger partial charge is 0.242 e. The monoisotopic (exact) mass is 311 g/mol. The maximum atomic E-state index is 6.02. The summed E-state index contributed by atoms with van der Waals surface area (Å²) in [6.45, 7) is 5.30. The van der Waals surface area contributed by atoms with E-state index >= 15 is 0 Å². The summed E-state index contributed by atoms with van der Waals surface area (Å²) < 4.78 is 5.14. The van der Waals surface area contributed by atoms with Crippen LogP contribution in [0.3, 0.4) is 0 Å². The Balaban J connectivity index is 0.000000272. The van der Waals surface area contributed by atoms with Gasteiger partial charge in [-0.3, -0.25) is 9.98 Å². The van der Waals surface area contributed by atoms with Gasteiger partial charge in [-0.05, 0) is 6.92 Å². The Hall–Kier alpha value is -2.09. The highest BCUT2D eigenvalue weighted by atomic mass is 35.5. The lowest BCUT2D eigenvalue weighted by atomic mass is 10.4. The highest BCUT2D eigenvalue weighted by Crippen LogP contribution is 2.28. The van der Waals surface area contributed by atoms with Crippen molar-refractivity contribution in [2.24, 2.45) is 9.98 Å². The van der Waals surface area contributed by atoms with Crippen LogP contribution in [0.1, 0.15) is 5.82 Å². The van der Waals surface area contributed by atoms with Gasteiger partial charge in [0.25, 0.3) is 0 Å². The number of nitrogens with zero attached hydrogens (tertiary/aromatic N) is 4. The Kier molecular flexibility index (Phi) is 5.56. The standard InChI is InChI=1S/C9H12ClN5O.C3H6N2/c1-5-13-7(10)6(8(14-5)16-2)15-9-11-3-4-12-9;1-2-5-3-4-1/h3-4H2,1-2H3,(H2,11,12,15);3H,1-2H2,(H,4,5). The van der Waals surface area contributed by atoms with E-state index in [-0.39, 0.29) is 0 Å². The third-order valence-electron chi connectivity index (χ3n) is 2.62. The van der Waals surface area contributed by atoms with Gasteiger partial charge >= 0.3 is 0 Å². The van der Waals surface area contributed by atoms with Crippen LogP contribution in [0.2, 0.25) is 5.15 Å². The Labute approximate surface area is 128 Å². The van der Waals surface area contributed by atoms with Crippen molar-refractivity contribution in [1.82, 2.24) is 20.6 Å². The van der Waals surface area contributed by atoms with Gasteiger partial charge in [0.1, 0.15) is 11.5 Å². The van der Waals surface area contributed by atoms with Gasteiger partial charge in [-0.25, -0.2) is 4.98 Å². The van der Waals surface area contributed by atoms with E-state index in [1.807, 2.05) is 0 Å². The van der Waals surface area contributed by atoms with Crippen LogP contribution in [0.5, 0.6) is 5.88 Å². The van der Waals surface area contributed by atoms with Gasteiger partial charge in [0.05, 0.1) is 26.5 Å². The zero-order chi connectivity index (χ0) is 15.1. The lowest BCUT2D eigenvalue weighted by molar-refractivity contribution is 0.398. The largest absolute Gasteiger partial charge is 0.479 e. The number of hydrogen-bond donors (Lipinski definition) is 3. The zero-order valence-corrected chi connectivity index (χ0v) is 12.7. The number of halogens is 1. The molecule has 3 rings (SSSR count). The van der Waals surface area contributed by atoms with Crippen molar-refractivity contribution in [2.75, 3.05) is 38.6 Å². The van der Waals surface area contributed by atoms with Gasteiger partial charge in [-0.15, -0.1) is 0 Å². The number of rotatable bonds is 2. The van der Waals surface area contributed by atoms with Crippen LogP contribution in [-0.2, 0) is 0 Å². The number of anilines is 1. The summed E-state index contributed by atoms with van der Waals surface area (Å²) in [4.78, 5) is 16.2. The quantitative estimate of drug-likeness (QED) is 0.686. The van der Waals surface area contributed by atoms with Crippen LogP contribution in [0, 0.1) is 6.92 Å². The molecule has 1 aromatic rings. The summed E-state index contributed by atoms with van der Waals surface area (Å²) in [5.74, 6) is 1.63. The van der Waals surface area contributed by atoms with Crippen LogP contribution in [0.4, 0.5) is 5.69 Å². The first kappa shape index (κ1) is 15.3. The summed E-state index contributed by atoms with van der Waals surface area (Å²) in [5, 5.41) is 9.33. The summed E-state index contributed by atoms with van der Waals surface area (Å²) in [6.07, 6.45) is 1.74. The highest BCUT2D eigenvalue weighted by Gasteiger charge is 2.15. The molecule has 2 aliphatic heterocycles. The lowest BCUT2D eigenvalue weighted by Gasteiger charge is -2.11. The molecule has 8 nitrogen and oxygen atoms in total. The van der Waals surface area contributed by atoms with Gasteiger partial charge in [0.2, 0.25) is 5.88 Å². The van der Waals surface area contributed by atoms with E-state index < -0.39 is 0 Å². The maximum absolute atomic E-state index is 6.02. The molecule has 2 aliphatic rings. The van der Waals surface area contributed by atoms with E-state index in [4.69, 9.17) is 16.3 Å². The molecule has 21 heavy (non-hydrogen) atoms. The number of aliphatic imine (C=N–C) groups is 2. The molecule has 0 atom stereocenters. The molecule has 114 valence electrons. The predicted octanol–water partition coefficient (Wildman–Crippen LogP) is 0.436. The first-order valence-electron chi connectivity index (χ1n) is 6.56. The molecule has 0 spiro atoms. The molecule has 0 saturated carbocycles. The van der Waals surface area contributed by atoms with Crippen molar-refractivity contribution in [3.8, 4) is 5.88 Å². The third-order valence-corrected chi connectivity index (χ3v) is 2.90. The van der Waals surface area contributed by atoms with Crippen molar-refractivity contribution in [1.29, 1.82) is 0 Å². The highest BCUT2D eigenvalue weighted by molar-refractivity contribution is 6.32. The Morgan fingerprint density at radius 1 is 1.29 bits per heavy atom. The second-order valence-corrected chi connectivity index (χ2v) is 4.58. The molecule has 0 aliphatic carbocycles. The van der Waals surface area contributed by atoms with Gasteiger partial charge in [0, 0.05) is 13.1 Å². The van der Waals surface area contributed by atoms with Gasteiger partial charge in [-0.2, -0.15) is 4.98 Å². The first-order chi connectivity index (χ1) is 10.2. The second-order valence-electron chi connectivity index (χ2n) is 4.22. The normalized spacial score (nSPS) is 15.5. The summed E-state index contributed by atoms with van der Waals surface area (Å²) in [7, 11) is 1.53. The fourth-order valence-electron chi connectivity index (χ4n) is 1.69. The second kappa shape index (κ2) is 7.63. The van der Waals surface area contributed by atoms with Crippen LogP contribution in [-0.4, -0.2) is 55.6 Å². The third kappa shape index (κ3) is 4.45. The van der Waals surface area contributed by atoms with Crippen molar-refractivity contribution in [3.05, 3.63) is 11.0 Å². The molecular weight excluding hydrogens is 294 g/mol. The molecule has 1 aromatic heterocycles. The molecule has 0 bridgehead atoms. The Bertz CT molecular complexity index is 541. The van der Waals surface area contributed by atoms with Crippen LogP contribution >= 0.6 is 11.6 Å². The lowest BCUT2D eigenvalue weighted by Crippen LogP contribution is -2.26. The molecular formula is C12H18ClN7O. The number of nitrogens with one attached hydrogen (secondary N) is 3. The van der Waals surface area contributed by atoms with E-state index in [0.717, 1.165) is 26.2 Å². The Morgan fingerprint density at radius 3 is 2.67 bits per heavy atom. The SMILES string of the molecule is C1=NCCN1.COc1nc(C)nc(Cl)c1NC1=NCCN1. The van der Waals surface area contributed by atoms with E-state index in [1.165, 1.54) is 7.11 Å². The predicted molar refractivity (Wildman–Crippen MR) is 83.6 cm³/mol. The topological polar surface area (TPSA) is 95.8 Å². The molecule has 0 fully saturated rings. The minimum atomic E-state index is 0.320. The number of methoxy groups -OCH3 is 1.